The highest BCUT2D eigenvalue weighted by Gasteiger charge is 2.24. The van der Waals surface area contributed by atoms with E-state index in [1.807, 2.05) is 19.1 Å². The van der Waals surface area contributed by atoms with Crippen molar-refractivity contribution in [2.75, 3.05) is 5.32 Å². The number of aromatic nitrogens is 6. The average Bonchev–Trinajstić information content (AvgIpc) is 3.06. The van der Waals surface area contributed by atoms with Gasteiger partial charge in [0.2, 0.25) is 0 Å². The van der Waals surface area contributed by atoms with Gasteiger partial charge < -0.3 is 5.32 Å². The molecule has 0 saturated heterocycles. The second-order valence-corrected chi connectivity index (χ2v) is 6.26. The molecule has 3 aromatic heterocycles. The van der Waals surface area contributed by atoms with Crippen LogP contribution in [0.25, 0.3) is 5.65 Å². The summed E-state index contributed by atoms with van der Waals surface area (Å²) < 4.78 is 3.30. The summed E-state index contributed by atoms with van der Waals surface area (Å²) in [6.45, 7) is 1.91. The van der Waals surface area contributed by atoms with E-state index in [0.29, 0.717) is 6.04 Å². The molecule has 1 fully saturated rings. The third-order valence-electron chi connectivity index (χ3n) is 4.51. The zero-order valence-corrected chi connectivity index (χ0v) is 13.5. The van der Waals surface area contributed by atoms with Gasteiger partial charge in [0.1, 0.15) is 12.1 Å². The van der Waals surface area contributed by atoms with Gasteiger partial charge in [0.05, 0.1) is 11.7 Å². The first-order chi connectivity index (χ1) is 11.7. The van der Waals surface area contributed by atoms with Crippen molar-refractivity contribution in [2.24, 2.45) is 0 Å². The number of nitrogens with one attached hydrogen (secondary N) is 1. The summed E-state index contributed by atoms with van der Waals surface area (Å²) in [5.74, 6) is 0.816. The first kappa shape index (κ1) is 14.8. The lowest BCUT2D eigenvalue weighted by atomic mass is 9.91. The minimum absolute atomic E-state index is 0.0169. The summed E-state index contributed by atoms with van der Waals surface area (Å²) in [7, 11) is 0. The molecule has 4 rings (SSSR count). The van der Waals surface area contributed by atoms with Gasteiger partial charge in [-0.3, -0.25) is 4.79 Å². The summed E-state index contributed by atoms with van der Waals surface area (Å²) >= 11 is 0. The van der Waals surface area contributed by atoms with Crippen molar-refractivity contribution in [3.63, 3.8) is 0 Å². The monoisotopic (exact) mass is 325 g/mol. The van der Waals surface area contributed by atoms with Gasteiger partial charge in [-0.25, -0.2) is 4.68 Å². The molecule has 0 atom stereocenters. The lowest BCUT2D eigenvalue weighted by Crippen LogP contribution is -2.33. The zero-order valence-electron chi connectivity index (χ0n) is 13.5. The van der Waals surface area contributed by atoms with Crippen molar-refractivity contribution in [1.82, 2.24) is 29.6 Å². The maximum absolute atomic E-state index is 12.0. The van der Waals surface area contributed by atoms with Crippen LogP contribution < -0.4 is 10.9 Å². The molecule has 0 bridgehead atoms. The average molecular weight is 325 g/mol. The van der Waals surface area contributed by atoms with Gasteiger partial charge in [-0.2, -0.15) is 9.61 Å². The summed E-state index contributed by atoms with van der Waals surface area (Å²) in [6, 6.07) is 7.71. The lowest BCUT2D eigenvalue weighted by molar-refractivity contribution is 0.302. The summed E-state index contributed by atoms with van der Waals surface area (Å²) in [5.41, 5.74) is 1.59. The maximum atomic E-state index is 12.0. The van der Waals surface area contributed by atoms with Crippen LogP contribution in [-0.4, -0.2) is 35.6 Å². The number of rotatable bonds is 3. The Kier molecular flexibility index (Phi) is 3.72. The van der Waals surface area contributed by atoms with Gasteiger partial charge in [0.25, 0.3) is 5.56 Å². The Hall–Kier alpha value is -2.77. The van der Waals surface area contributed by atoms with Gasteiger partial charge in [-0.05, 0) is 50.8 Å². The molecule has 0 amide bonds. The fourth-order valence-electron chi connectivity index (χ4n) is 3.26. The summed E-state index contributed by atoms with van der Waals surface area (Å²) in [6.07, 6.45) is 5.42. The smallest absolute Gasteiger partial charge is 0.267 e. The van der Waals surface area contributed by atoms with Gasteiger partial charge in [-0.1, -0.05) is 0 Å². The van der Waals surface area contributed by atoms with Crippen molar-refractivity contribution in [3.05, 3.63) is 46.6 Å². The minimum Gasteiger partial charge on any atom is -0.366 e. The van der Waals surface area contributed by atoms with Crippen LogP contribution >= 0.6 is 0 Å². The molecule has 0 unspecified atom stereocenters. The first-order valence-electron chi connectivity index (χ1n) is 8.19. The molecule has 1 N–H and O–H groups in total. The fraction of sp³-hybridized carbons (Fsp3) is 0.438. The minimum atomic E-state index is -0.0169. The van der Waals surface area contributed by atoms with Crippen LogP contribution in [0.2, 0.25) is 0 Å². The van der Waals surface area contributed by atoms with E-state index in [9.17, 15) is 4.79 Å². The Balaban J connectivity index is 1.42. The summed E-state index contributed by atoms with van der Waals surface area (Å²) in [4.78, 5) is 12.0. The van der Waals surface area contributed by atoms with Crippen LogP contribution in [0.1, 0.15) is 37.4 Å². The highest BCUT2D eigenvalue weighted by Crippen LogP contribution is 2.28. The Morgan fingerprint density at radius 1 is 1.08 bits per heavy atom. The Morgan fingerprint density at radius 2 is 1.92 bits per heavy atom. The van der Waals surface area contributed by atoms with E-state index in [2.05, 4.69) is 25.7 Å². The van der Waals surface area contributed by atoms with Crippen LogP contribution in [0.5, 0.6) is 0 Å². The topological polar surface area (TPSA) is 90.0 Å². The van der Waals surface area contributed by atoms with Crippen molar-refractivity contribution < 1.29 is 0 Å². The van der Waals surface area contributed by atoms with Crippen LogP contribution in [-0.2, 0) is 0 Å². The SMILES string of the molecule is Cc1ccc(=O)n(C2CCC(Nc3ccc4nncn4n3)CC2)n1. The standard InChI is InChI=1S/C16H19N7O/c1-11-2-9-16(24)23(20-11)13-5-3-12(4-6-13)18-14-7-8-15-19-17-10-22(15)21-14/h2,7-10,12-13H,3-6H2,1H3,(H,18,21). The van der Waals surface area contributed by atoms with Crippen molar-refractivity contribution in [1.29, 1.82) is 0 Å². The molecule has 8 heteroatoms. The highest BCUT2D eigenvalue weighted by molar-refractivity contribution is 5.43. The number of anilines is 1. The summed E-state index contributed by atoms with van der Waals surface area (Å²) in [5, 5.41) is 20.1. The van der Waals surface area contributed by atoms with Crippen LogP contribution in [0.3, 0.4) is 0 Å². The van der Waals surface area contributed by atoms with Gasteiger partial charge in [0.15, 0.2) is 5.65 Å². The van der Waals surface area contributed by atoms with Crippen molar-refractivity contribution >= 4 is 11.5 Å². The third kappa shape index (κ3) is 2.86. The van der Waals surface area contributed by atoms with E-state index in [1.54, 1.807) is 27.7 Å². The molecule has 1 aliphatic rings. The molecular weight excluding hydrogens is 306 g/mol. The van der Waals surface area contributed by atoms with Gasteiger partial charge in [0, 0.05) is 12.1 Å². The number of aryl methyl sites for hydroxylation is 1. The highest BCUT2D eigenvalue weighted by atomic mass is 16.1. The largest absolute Gasteiger partial charge is 0.366 e. The number of nitrogens with zero attached hydrogens (tertiary/aromatic N) is 6. The van der Waals surface area contributed by atoms with E-state index < -0.39 is 0 Å². The first-order valence-corrected chi connectivity index (χ1v) is 8.19. The molecular formula is C16H19N7O. The van der Waals surface area contributed by atoms with Gasteiger partial charge in [-0.15, -0.1) is 15.3 Å². The van der Waals surface area contributed by atoms with E-state index in [1.165, 1.54) is 0 Å². The molecule has 1 saturated carbocycles. The van der Waals surface area contributed by atoms with E-state index in [-0.39, 0.29) is 11.6 Å². The van der Waals surface area contributed by atoms with Crippen LogP contribution in [0.4, 0.5) is 5.82 Å². The molecule has 3 aromatic rings. The van der Waals surface area contributed by atoms with E-state index in [4.69, 9.17) is 0 Å². The predicted octanol–water partition coefficient (Wildman–Crippen LogP) is 1.59. The lowest BCUT2D eigenvalue weighted by Gasteiger charge is -2.29. The van der Waals surface area contributed by atoms with Crippen LogP contribution in [0.15, 0.2) is 35.4 Å². The molecule has 0 aliphatic heterocycles. The molecule has 0 spiro atoms. The quantitative estimate of drug-likeness (QED) is 0.786. The predicted molar refractivity (Wildman–Crippen MR) is 88.9 cm³/mol. The number of hydrogen-bond acceptors (Lipinski definition) is 6. The molecule has 1 aliphatic carbocycles. The Labute approximate surface area is 138 Å². The molecule has 0 radical (unpaired) electrons. The molecule has 8 nitrogen and oxygen atoms in total. The molecule has 0 aromatic carbocycles. The van der Waals surface area contributed by atoms with E-state index in [0.717, 1.165) is 42.8 Å². The molecule has 3 heterocycles. The Bertz CT molecular complexity index is 908. The van der Waals surface area contributed by atoms with Gasteiger partial charge >= 0.3 is 0 Å². The second-order valence-electron chi connectivity index (χ2n) is 6.26. The third-order valence-corrected chi connectivity index (χ3v) is 4.51. The Morgan fingerprint density at radius 3 is 2.75 bits per heavy atom. The number of hydrogen-bond donors (Lipinski definition) is 1. The molecule has 124 valence electrons. The van der Waals surface area contributed by atoms with Crippen molar-refractivity contribution in [3.8, 4) is 0 Å². The normalized spacial score (nSPS) is 21.0. The zero-order chi connectivity index (χ0) is 16.5. The van der Waals surface area contributed by atoms with E-state index >= 15 is 0 Å². The molecule has 24 heavy (non-hydrogen) atoms. The number of fused-ring (bicyclic) bond motifs is 1. The fourth-order valence-corrected chi connectivity index (χ4v) is 3.26. The van der Waals surface area contributed by atoms with Crippen molar-refractivity contribution in [2.45, 2.75) is 44.7 Å². The van der Waals surface area contributed by atoms with Crippen LogP contribution in [0, 0.1) is 6.92 Å². The maximum Gasteiger partial charge on any atom is 0.267 e. The second kappa shape index (κ2) is 6.03.